The van der Waals surface area contributed by atoms with Crippen molar-refractivity contribution in [3.8, 4) is 0 Å². The van der Waals surface area contributed by atoms with Gasteiger partial charge in [0.2, 0.25) is 0 Å². The molecule has 0 aromatic carbocycles. The first-order valence-corrected chi connectivity index (χ1v) is 30.5. The van der Waals surface area contributed by atoms with Crippen LogP contribution in [0.1, 0.15) is 329 Å². The number of hydrogen-bond acceptors (Lipinski definition) is 6. The third-order valence-electron chi connectivity index (χ3n) is 13.6. The van der Waals surface area contributed by atoms with E-state index >= 15 is 0 Å². The lowest BCUT2D eigenvalue weighted by Crippen LogP contribution is -2.30. The zero-order chi connectivity index (χ0) is 50.0. The van der Waals surface area contributed by atoms with Crippen molar-refractivity contribution < 1.29 is 28.6 Å². The predicted molar refractivity (Wildman–Crippen MR) is 298 cm³/mol. The standard InChI is InChI=1S/C63H116O6/c1-4-7-10-13-16-18-20-22-24-26-28-29-30-31-32-33-34-35-36-38-39-41-43-45-47-50-53-56-62(65)68-59-60(58-67-61(64)55-52-49-15-12-9-6-3)69-63(66)57-54-51-48-46-44-42-40-37-27-25-23-21-19-17-14-11-8-5-2/h20,22,26,28,30-31,60H,4-19,21,23-25,27,29,32-59H2,1-3H3/b22-20-,28-26-,31-30-. The molecule has 0 spiro atoms. The maximum absolute atomic E-state index is 12.8. The van der Waals surface area contributed by atoms with Gasteiger partial charge in [-0.15, -0.1) is 0 Å². The zero-order valence-electron chi connectivity index (χ0n) is 46.3. The number of esters is 3. The Hall–Kier alpha value is -2.37. The highest BCUT2D eigenvalue weighted by atomic mass is 16.6. The zero-order valence-corrected chi connectivity index (χ0v) is 46.3. The molecule has 69 heavy (non-hydrogen) atoms. The Labute approximate surface area is 429 Å². The van der Waals surface area contributed by atoms with Crippen LogP contribution in [0, 0.1) is 0 Å². The maximum Gasteiger partial charge on any atom is 0.306 e. The lowest BCUT2D eigenvalue weighted by Gasteiger charge is -2.18. The molecule has 0 aromatic rings. The predicted octanol–water partition coefficient (Wildman–Crippen LogP) is 20.4. The van der Waals surface area contributed by atoms with Gasteiger partial charge in [-0.1, -0.05) is 288 Å². The third-order valence-corrected chi connectivity index (χ3v) is 13.6. The molecule has 0 N–H and O–H groups in total. The highest BCUT2D eigenvalue weighted by Gasteiger charge is 2.19. The lowest BCUT2D eigenvalue weighted by molar-refractivity contribution is -0.167. The Morgan fingerprint density at radius 1 is 0.290 bits per heavy atom. The highest BCUT2D eigenvalue weighted by molar-refractivity contribution is 5.71. The largest absolute Gasteiger partial charge is 0.462 e. The van der Waals surface area contributed by atoms with Gasteiger partial charge in [-0.2, -0.15) is 0 Å². The molecule has 0 aliphatic carbocycles. The summed E-state index contributed by atoms with van der Waals surface area (Å²) in [5.74, 6) is -0.861. The fraction of sp³-hybridized carbons (Fsp3) is 0.857. The van der Waals surface area contributed by atoms with E-state index in [1.165, 1.54) is 218 Å². The van der Waals surface area contributed by atoms with E-state index in [1.807, 2.05) is 0 Å². The molecule has 1 unspecified atom stereocenters. The van der Waals surface area contributed by atoms with E-state index in [0.29, 0.717) is 19.3 Å². The van der Waals surface area contributed by atoms with E-state index in [9.17, 15) is 14.4 Å². The van der Waals surface area contributed by atoms with Crippen LogP contribution in [-0.2, 0) is 28.6 Å². The van der Waals surface area contributed by atoms with Crippen molar-refractivity contribution in [3.63, 3.8) is 0 Å². The van der Waals surface area contributed by atoms with E-state index in [1.54, 1.807) is 0 Å². The van der Waals surface area contributed by atoms with E-state index in [0.717, 1.165) is 70.6 Å². The molecule has 0 aromatic heterocycles. The summed E-state index contributed by atoms with van der Waals surface area (Å²) in [6.45, 7) is 6.61. The molecule has 6 heteroatoms. The van der Waals surface area contributed by atoms with Crippen LogP contribution in [0.4, 0.5) is 0 Å². The van der Waals surface area contributed by atoms with Crippen LogP contribution >= 0.6 is 0 Å². The highest BCUT2D eigenvalue weighted by Crippen LogP contribution is 2.17. The third kappa shape index (κ3) is 56.4. The molecular formula is C63H116O6. The number of unbranched alkanes of at least 4 members (excludes halogenated alkanes) is 39. The second-order valence-electron chi connectivity index (χ2n) is 20.6. The topological polar surface area (TPSA) is 78.9 Å². The SMILES string of the molecule is CCCCCCC/C=C\C/C=C\C/C=C\CCCCCCCCCCCCCCC(=O)OCC(COC(=O)CCCCCCCC)OC(=O)CCCCCCCCCCCCCCCCCCCC. The Morgan fingerprint density at radius 3 is 0.812 bits per heavy atom. The monoisotopic (exact) mass is 969 g/mol. The van der Waals surface area contributed by atoms with Gasteiger partial charge in [-0.05, 0) is 57.8 Å². The fourth-order valence-electron chi connectivity index (χ4n) is 9.04. The molecule has 1 atom stereocenters. The van der Waals surface area contributed by atoms with Crippen molar-refractivity contribution in [2.75, 3.05) is 13.2 Å². The van der Waals surface area contributed by atoms with Crippen molar-refractivity contribution >= 4 is 17.9 Å². The van der Waals surface area contributed by atoms with Gasteiger partial charge in [0.25, 0.3) is 0 Å². The number of ether oxygens (including phenoxy) is 3. The molecule has 0 saturated heterocycles. The summed E-state index contributed by atoms with van der Waals surface area (Å²) < 4.78 is 16.8. The molecule has 0 bridgehead atoms. The van der Waals surface area contributed by atoms with Gasteiger partial charge >= 0.3 is 17.9 Å². The minimum Gasteiger partial charge on any atom is -0.462 e. The van der Waals surface area contributed by atoms with Crippen LogP contribution in [0.15, 0.2) is 36.5 Å². The Morgan fingerprint density at radius 2 is 0.522 bits per heavy atom. The van der Waals surface area contributed by atoms with E-state index in [2.05, 4.69) is 57.2 Å². The van der Waals surface area contributed by atoms with Crippen molar-refractivity contribution in [3.05, 3.63) is 36.5 Å². The van der Waals surface area contributed by atoms with Gasteiger partial charge < -0.3 is 14.2 Å². The summed E-state index contributed by atoms with van der Waals surface area (Å²) in [6, 6.07) is 0. The average Bonchev–Trinajstić information content (AvgIpc) is 3.35. The van der Waals surface area contributed by atoms with Gasteiger partial charge in [0.1, 0.15) is 13.2 Å². The van der Waals surface area contributed by atoms with Crippen LogP contribution in [0.5, 0.6) is 0 Å². The summed E-state index contributed by atoms with van der Waals surface area (Å²) in [6.07, 6.45) is 70.4. The summed E-state index contributed by atoms with van der Waals surface area (Å²) in [4.78, 5) is 37.9. The fourth-order valence-corrected chi connectivity index (χ4v) is 9.04. The number of hydrogen-bond donors (Lipinski definition) is 0. The van der Waals surface area contributed by atoms with Crippen LogP contribution in [0.2, 0.25) is 0 Å². The first-order chi connectivity index (χ1) is 34.0. The normalized spacial score (nSPS) is 12.2. The number of allylic oxidation sites excluding steroid dienone is 6. The molecule has 0 radical (unpaired) electrons. The lowest BCUT2D eigenvalue weighted by atomic mass is 10.0. The molecule has 6 nitrogen and oxygen atoms in total. The molecule has 0 fully saturated rings. The molecule has 0 saturated carbocycles. The van der Waals surface area contributed by atoms with Crippen LogP contribution in [-0.4, -0.2) is 37.2 Å². The number of carbonyl (C=O) groups is 3. The minimum absolute atomic E-state index is 0.0687. The molecular weight excluding hydrogens is 853 g/mol. The summed E-state index contributed by atoms with van der Waals surface area (Å²) >= 11 is 0. The molecule has 404 valence electrons. The second-order valence-corrected chi connectivity index (χ2v) is 20.6. The minimum atomic E-state index is -0.766. The smallest absolute Gasteiger partial charge is 0.306 e. The Kier molecular flexibility index (Phi) is 56.2. The van der Waals surface area contributed by atoms with Crippen molar-refractivity contribution in [2.45, 2.75) is 335 Å². The van der Waals surface area contributed by atoms with E-state index in [4.69, 9.17) is 14.2 Å². The second kappa shape index (κ2) is 58.2. The summed E-state index contributed by atoms with van der Waals surface area (Å²) in [5.41, 5.74) is 0. The van der Waals surface area contributed by atoms with Crippen LogP contribution in [0.25, 0.3) is 0 Å². The Bertz CT molecular complexity index is 1160. The molecule has 0 aliphatic rings. The van der Waals surface area contributed by atoms with Crippen LogP contribution in [0.3, 0.4) is 0 Å². The van der Waals surface area contributed by atoms with Crippen molar-refractivity contribution in [2.24, 2.45) is 0 Å². The molecule has 0 aliphatic heterocycles. The van der Waals surface area contributed by atoms with Gasteiger partial charge in [0.15, 0.2) is 6.10 Å². The maximum atomic E-state index is 12.8. The molecule has 0 rings (SSSR count). The van der Waals surface area contributed by atoms with E-state index < -0.39 is 6.10 Å². The molecule has 0 heterocycles. The number of carbonyl (C=O) groups excluding carboxylic acids is 3. The van der Waals surface area contributed by atoms with Gasteiger partial charge in [-0.25, -0.2) is 0 Å². The van der Waals surface area contributed by atoms with Crippen molar-refractivity contribution in [1.82, 2.24) is 0 Å². The first-order valence-electron chi connectivity index (χ1n) is 30.5. The molecule has 0 amide bonds. The Balaban J connectivity index is 4.06. The van der Waals surface area contributed by atoms with Crippen molar-refractivity contribution in [1.29, 1.82) is 0 Å². The van der Waals surface area contributed by atoms with Gasteiger partial charge in [0.05, 0.1) is 0 Å². The van der Waals surface area contributed by atoms with Gasteiger partial charge in [-0.3, -0.25) is 14.4 Å². The van der Waals surface area contributed by atoms with Gasteiger partial charge in [0, 0.05) is 19.3 Å². The summed E-state index contributed by atoms with van der Waals surface area (Å²) in [7, 11) is 0. The van der Waals surface area contributed by atoms with Crippen LogP contribution < -0.4 is 0 Å². The van der Waals surface area contributed by atoms with E-state index in [-0.39, 0.29) is 31.1 Å². The summed E-state index contributed by atoms with van der Waals surface area (Å²) in [5, 5.41) is 0. The quantitative estimate of drug-likeness (QED) is 0.0261. The first kappa shape index (κ1) is 66.6. The number of rotatable bonds is 56. The average molecular weight is 970 g/mol.